The predicted molar refractivity (Wildman–Crippen MR) is 65.0 cm³/mol. The molecule has 0 radical (unpaired) electrons. The molecule has 0 bridgehead atoms. The SMILES string of the molecule is NNc1nc(-c2ccc3nc[nH]c3c2)cs1. The summed E-state index contributed by atoms with van der Waals surface area (Å²) in [5.41, 5.74) is 6.46. The molecular weight excluding hydrogens is 222 g/mol. The molecule has 0 saturated heterocycles. The zero-order valence-corrected chi connectivity index (χ0v) is 9.08. The lowest BCUT2D eigenvalue weighted by atomic mass is 10.1. The van der Waals surface area contributed by atoms with Crippen molar-refractivity contribution in [3.8, 4) is 11.3 Å². The number of H-pyrrole nitrogens is 1. The van der Waals surface area contributed by atoms with Crippen LogP contribution in [-0.2, 0) is 0 Å². The van der Waals surface area contributed by atoms with E-state index in [2.05, 4.69) is 20.4 Å². The summed E-state index contributed by atoms with van der Waals surface area (Å²) in [6.07, 6.45) is 1.68. The highest BCUT2D eigenvalue weighted by Crippen LogP contribution is 2.26. The second-order valence-electron chi connectivity index (χ2n) is 3.32. The van der Waals surface area contributed by atoms with E-state index in [0.717, 1.165) is 22.3 Å². The van der Waals surface area contributed by atoms with E-state index < -0.39 is 0 Å². The number of thiazole rings is 1. The molecule has 0 aliphatic rings. The van der Waals surface area contributed by atoms with E-state index >= 15 is 0 Å². The molecule has 0 aliphatic carbocycles. The summed E-state index contributed by atoms with van der Waals surface area (Å²) in [5, 5.41) is 2.67. The molecule has 1 aromatic carbocycles. The monoisotopic (exact) mass is 231 g/mol. The number of aromatic amines is 1. The number of nitrogens with zero attached hydrogens (tertiary/aromatic N) is 2. The lowest BCUT2D eigenvalue weighted by Crippen LogP contribution is -2.05. The fourth-order valence-electron chi connectivity index (χ4n) is 1.57. The number of nitrogen functional groups attached to an aromatic ring is 1. The molecule has 2 aromatic heterocycles. The number of nitrogens with one attached hydrogen (secondary N) is 2. The Morgan fingerprint density at radius 2 is 2.31 bits per heavy atom. The molecule has 0 saturated carbocycles. The summed E-state index contributed by atoms with van der Waals surface area (Å²) in [5.74, 6) is 5.30. The Morgan fingerprint density at radius 1 is 1.38 bits per heavy atom. The van der Waals surface area contributed by atoms with E-state index in [9.17, 15) is 0 Å². The Labute approximate surface area is 95.3 Å². The Morgan fingerprint density at radius 3 is 3.12 bits per heavy atom. The molecule has 0 atom stereocenters. The zero-order chi connectivity index (χ0) is 11.0. The van der Waals surface area contributed by atoms with Gasteiger partial charge in [-0.15, -0.1) is 11.3 Å². The Hall–Kier alpha value is -1.92. The number of imidazole rings is 1. The van der Waals surface area contributed by atoms with Crippen LogP contribution >= 0.6 is 11.3 Å². The number of hydrazine groups is 1. The van der Waals surface area contributed by atoms with Gasteiger partial charge in [0.25, 0.3) is 0 Å². The van der Waals surface area contributed by atoms with E-state index in [1.54, 1.807) is 6.33 Å². The summed E-state index contributed by atoms with van der Waals surface area (Å²) in [4.78, 5) is 11.6. The number of benzene rings is 1. The van der Waals surface area contributed by atoms with Gasteiger partial charge in [0.1, 0.15) is 0 Å². The van der Waals surface area contributed by atoms with Gasteiger partial charge in [-0.3, -0.25) is 5.43 Å². The molecule has 0 fully saturated rings. The molecule has 6 heteroatoms. The molecule has 3 aromatic rings. The van der Waals surface area contributed by atoms with Crippen molar-refractivity contribution in [2.24, 2.45) is 5.84 Å². The molecular formula is C10H9N5S. The molecule has 0 aliphatic heterocycles. The van der Waals surface area contributed by atoms with Crippen molar-refractivity contribution in [1.29, 1.82) is 0 Å². The third-order valence-corrected chi connectivity index (χ3v) is 3.12. The maximum atomic E-state index is 5.30. The van der Waals surface area contributed by atoms with Gasteiger partial charge in [0.2, 0.25) is 0 Å². The van der Waals surface area contributed by atoms with Crippen LogP contribution in [0.1, 0.15) is 0 Å². The van der Waals surface area contributed by atoms with Gasteiger partial charge < -0.3 is 4.98 Å². The maximum absolute atomic E-state index is 5.30. The van der Waals surface area contributed by atoms with Crippen LogP contribution < -0.4 is 11.3 Å². The topological polar surface area (TPSA) is 79.6 Å². The van der Waals surface area contributed by atoms with Crippen molar-refractivity contribution < 1.29 is 0 Å². The van der Waals surface area contributed by atoms with Crippen LogP contribution in [0.25, 0.3) is 22.3 Å². The van der Waals surface area contributed by atoms with E-state index in [-0.39, 0.29) is 0 Å². The molecule has 2 heterocycles. The minimum Gasteiger partial charge on any atom is -0.345 e. The lowest BCUT2D eigenvalue weighted by molar-refractivity contribution is 1.29. The molecule has 4 N–H and O–H groups in total. The second-order valence-corrected chi connectivity index (χ2v) is 4.17. The average molecular weight is 231 g/mol. The smallest absolute Gasteiger partial charge is 0.197 e. The minimum absolute atomic E-state index is 0.708. The summed E-state index contributed by atoms with van der Waals surface area (Å²) in [7, 11) is 0. The van der Waals surface area contributed by atoms with Gasteiger partial charge >= 0.3 is 0 Å². The number of fused-ring (bicyclic) bond motifs is 1. The Bertz CT molecular complexity index is 627. The van der Waals surface area contributed by atoms with E-state index in [1.807, 2.05) is 23.6 Å². The molecule has 0 spiro atoms. The first-order chi connectivity index (χ1) is 7.86. The van der Waals surface area contributed by atoms with Crippen molar-refractivity contribution in [3.63, 3.8) is 0 Å². The van der Waals surface area contributed by atoms with E-state index in [1.165, 1.54) is 11.3 Å². The van der Waals surface area contributed by atoms with Crippen molar-refractivity contribution >= 4 is 27.5 Å². The number of hydrogen-bond donors (Lipinski definition) is 3. The first-order valence-electron chi connectivity index (χ1n) is 4.72. The van der Waals surface area contributed by atoms with Crippen LogP contribution in [0.2, 0.25) is 0 Å². The highest BCUT2D eigenvalue weighted by atomic mass is 32.1. The summed E-state index contributed by atoms with van der Waals surface area (Å²) in [6.45, 7) is 0. The summed E-state index contributed by atoms with van der Waals surface area (Å²) < 4.78 is 0. The van der Waals surface area contributed by atoms with Crippen molar-refractivity contribution in [2.45, 2.75) is 0 Å². The first kappa shape index (κ1) is 9.32. The summed E-state index contributed by atoms with van der Waals surface area (Å²) in [6, 6.07) is 5.99. The number of aromatic nitrogens is 3. The molecule has 0 unspecified atom stereocenters. The zero-order valence-electron chi connectivity index (χ0n) is 8.27. The summed E-state index contributed by atoms with van der Waals surface area (Å²) >= 11 is 1.48. The highest BCUT2D eigenvalue weighted by Gasteiger charge is 2.05. The minimum atomic E-state index is 0.708. The standard InChI is InChI=1S/C10H9N5S/c11-15-10-14-9(4-16-10)6-1-2-7-8(3-6)13-5-12-7/h1-5H,11H2,(H,12,13)(H,14,15). The molecule has 80 valence electrons. The molecule has 5 nitrogen and oxygen atoms in total. The van der Waals surface area contributed by atoms with E-state index in [4.69, 9.17) is 5.84 Å². The predicted octanol–water partition coefficient (Wildman–Crippen LogP) is 1.97. The van der Waals surface area contributed by atoms with Gasteiger partial charge in [-0.05, 0) is 12.1 Å². The van der Waals surface area contributed by atoms with Gasteiger partial charge in [0, 0.05) is 10.9 Å². The average Bonchev–Trinajstić information content (AvgIpc) is 2.96. The van der Waals surface area contributed by atoms with E-state index in [0.29, 0.717) is 5.13 Å². The van der Waals surface area contributed by atoms with Crippen LogP contribution in [-0.4, -0.2) is 15.0 Å². The van der Waals surface area contributed by atoms with Gasteiger partial charge in [0.15, 0.2) is 5.13 Å². The van der Waals surface area contributed by atoms with Gasteiger partial charge in [-0.2, -0.15) is 0 Å². The van der Waals surface area contributed by atoms with Gasteiger partial charge in [0.05, 0.1) is 23.1 Å². The van der Waals surface area contributed by atoms with Crippen LogP contribution in [0.4, 0.5) is 5.13 Å². The van der Waals surface area contributed by atoms with Crippen LogP contribution in [0.15, 0.2) is 29.9 Å². The number of rotatable bonds is 2. The quantitative estimate of drug-likeness (QED) is 0.465. The normalized spacial score (nSPS) is 10.8. The van der Waals surface area contributed by atoms with Crippen molar-refractivity contribution in [3.05, 3.63) is 29.9 Å². The number of hydrogen-bond acceptors (Lipinski definition) is 5. The van der Waals surface area contributed by atoms with Crippen molar-refractivity contribution in [2.75, 3.05) is 5.43 Å². The highest BCUT2D eigenvalue weighted by molar-refractivity contribution is 7.14. The van der Waals surface area contributed by atoms with Gasteiger partial charge in [-0.1, -0.05) is 6.07 Å². The maximum Gasteiger partial charge on any atom is 0.197 e. The largest absolute Gasteiger partial charge is 0.345 e. The molecule has 0 amide bonds. The second kappa shape index (κ2) is 3.58. The molecule has 16 heavy (non-hydrogen) atoms. The molecule has 3 rings (SSSR count). The van der Waals surface area contributed by atoms with Crippen LogP contribution in [0.5, 0.6) is 0 Å². The van der Waals surface area contributed by atoms with Crippen LogP contribution in [0.3, 0.4) is 0 Å². The fraction of sp³-hybridized carbons (Fsp3) is 0. The Kier molecular flexibility index (Phi) is 2.09. The third-order valence-electron chi connectivity index (χ3n) is 2.34. The van der Waals surface area contributed by atoms with Crippen molar-refractivity contribution in [1.82, 2.24) is 15.0 Å². The third kappa shape index (κ3) is 1.44. The lowest BCUT2D eigenvalue weighted by Gasteiger charge is -1.96. The fourth-order valence-corrected chi connectivity index (χ4v) is 2.20. The Balaban J connectivity index is 2.10. The van der Waals surface area contributed by atoms with Crippen LogP contribution in [0, 0.1) is 0 Å². The van der Waals surface area contributed by atoms with Gasteiger partial charge in [-0.25, -0.2) is 15.8 Å². The number of anilines is 1. The number of nitrogens with two attached hydrogens (primary N) is 1. The first-order valence-corrected chi connectivity index (χ1v) is 5.60.